The van der Waals surface area contributed by atoms with Crippen LogP contribution in [0.4, 0.5) is 0 Å². The molecule has 1 amide bonds. The zero-order chi connectivity index (χ0) is 13.0. The van der Waals surface area contributed by atoms with Crippen molar-refractivity contribution >= 4 is 5.91 Å². The van der Waals surface area contributed by atoms with Crippen LogP contribution in [-0.2, 0) is 4.79 Å². The second kappa shape index (κ2) is 5.54. The smallest absolute Gasteiger partial charge is 0.219 e. The Labute approximate surface area is 101 Å². The molecule has 5 nitrogen and oxygen atoms in total. The highest BCUT2D eigenvalue weighted by atomic mass is 16.5. The molecule has 17 heavy (non-hydrogen) atoms. The van der Waals surface area contributed by atoms with Crippen molar-refractivity contribution in [2.24, 2.45) is 11.5 Å². The fourth-order valence-corrected chi connectivity index (χ4v) is 1.81. The Hall–Kier alpha value is -1.75. The Kier molecular flexibility index (Phi) is 4.34. The van der Waals surface area contributed by atoms with Gasteiger partial charge in [-0.25, -0.2) is 0 Å². The van der Waals surface area contributed by atoms with E-state index in [9.17, 15) is 4.79 Å². The van der Waals surface area contributed by atoms with Crippen molar-refractivity contribution in [3.8, 4) is 11.5 Å². The lowest BCUT2D eigenvalue weighted by atomic mass is 10.00. The third-order valence-corrected chi connectivity index (χ3v) is 2.63. The van der Waals surface area contributed by atoms with E-state index in [2.05, 4.69) is 0 Å². The Morgan fingerprint density at radius 3 is 2.47 bits per heavy atom. The van der Waals surface area contributed by atoms with Crippen LogP contribution in [-0.4, -0.2) is 20.1 Å². The van der Waals surface area contributed by atoms with E-state index in [1.54, 1.807) is 26.4 Å². The number of ether oxygens (including phenoxy) is 2. The van der Waals surface area contributed by atoms with Crippen LogP contribution in [0.3, 0.4) is 0 Å². The van der Waals surface area contributed by atoms with Gasteiger partial charge in [-0.1, -0.05) is 6.07 Å². The van der Waals surface area contributed by atoms with Gasteiger partial charge in [0.25, 0.3) is 0 Å². The summed E-state index contributed by atoms with van der Waals surface area (Å²) in [7, 11) is 3.15. The summed E-state index contributed by atoms with van der Waals surface area (Å²) in [5.41, 5.74) is 12.7. The largest absolute Gasteiger partial charge is 0.496 e. The Morgan fingerprint density at radius 1 is 1.35 bits per heavy atom. The summed E-state index contributed by atoms with van der Waals surface area (Å²) in [5.74, 6) is 0.919. The molecule has 4 N–H and O–H groups in total. The van der Waals surface area contributed by atoms with Gasteiger partial charge in [0.2, 0.25) is 5.91 Å². The number of benzene rings is 1. The highest BCUT2D eigenvalue weighted by Crippen LogP contribution is 2.34. The topological polar surface area (TPSA) is 87.6 Å². The quantitative estimate of drug-likeness (QED) is 0.797. The highest BCUT2D eigenvalue weighted by molar-refractivity contribution is 5.75. The molecule has 5 heteroatoms. The lowest BCUT2D eigenvalue weighted by molar-refractivity contribution is -0.118. The molecule has 0 aliphatic heterocycles. The van der Waals surface area contributed by atoms with Crippen LogP contribution in [0, 0.1) is 6.92 Å². The van der Waals surface area contributed by atoms with Gasteiger partial charge in [-0.2, -0.15) is 0 Å². The number of rotatable bonds is 5. The number of hydrogen-bond donors (Lipinski definition) is 2. The van der Waals surface area contributed by atoms with Gasteiger partial charge < -0.3 is 20.9 Å². The predicted molar refractivity (Wildman–Crippen MR) is 65.0 cm³/mol. The molecule has 0 saturated carbocycles. The minimum atomic E-state index is -0.466. The fraction of sp³-hybridized carbons (Fsp3) is 0.417. The monoisotopic (exact) mass is 238 g/mol. The molecule has 1 aromatic carbocycles. The molecule has 1 aromatic rings. The van der Waals surface area contributed by atoms with E-state index in [1.165, 1.54) is 0 Å². The molecule has 1 atom stereocenters. The second-order valence-corrected chi connectivity index (χ2v) is 3.79. The van der Waals surface area contributed by atoms with E-state index in [1.807, 2.05) is 6.92 Å². The molecule has 0 heterocycles. The molecular weight excluding hydrogens is 220 g/mol. The molecule has 1 rings (SSSR count). The van der Waals surface area contributed by atoms with E-state index >= 15 is 0 Å². The van der Waals surface area contributed by atoms with Gasteiger partial charge in [0.15, 0.2) is 0 Å². The van der Waals surface area contributed by atoms with E-state index in [4.69, 9.17) is 20.9 Å². The first-order chi connectivity index (χ1) is 8.01. The van der Waals surface area contributed by atoms with Crippen LogP contribution >= 0.6 is 0 Å². The van der Waals surface area contributed by atoms with Crippen LogP contribution in [0.5, 0.6) is 11.5 Å². The average molecular weight is 238 g/mol. The van der Waals surface area contributed by atoms with Gasteiger partial charge in [-0.15, -0.1) is 0 Å². The number of amides is 1. The summed E-state index contributed by atoms with van der Waals surface area (Å²) < 4.78 is 10.5. The van der Waals surface area contributed by atoms with Crippen molar-refractivity contribution in [1.29, 1.82) is 0 Å². The molecule has 0 spiro atoms. The summed E-state index contributed by atoms with van der Waals surface area (Å²) >= 11 is 0. The summed E-state index contributed by atoms with van der Waals surface area (Å²) in [4.78, 5) is 10.9. The first-order valence-electron chi connectivity index (χ1n) is 5.26. The first kappa shape index (κ1) is 13.3. The minimum absolute atomic E-state index is 0.0854. The first-order valence-corrected chi connectivity index (χ1v) is 5.26. The summed E-state index contributed by atoms with van der Waals surface area (Å²) in [6.07, 6.45) is 0.0854. The number of methoxy groups -OCH3 is 2. The summed E-state index contributed by atoms with van der Waals surface area (Å²) in [6, 6.07) is 3.12. The van der Waals surface area contributed by atoms with Gasteiger partial charge in [0, 0.05) is 23.6 Å². The zero-order valence-corrected chi connectivity index (χ0v) is 10.3. The van der Waals surface area contributed by atoms with Crippen LogP contribution in [0.15, 0.2) is 12.1 Å². The lowest BCUT2D eigenvalue weighted by Gasteiger charge is -2.18. The molecular formula is C12H18N2O3. The predicted octanol–water partition coefficient (Wildman–Crippen LogP) is 0.887. The van der Waals surface area contributed by atoms with Crippen LogP contribution in [0.2, 0.25) is 0 Å². The molecule has 0 bridgehead atoms. The van der Waals surface area contributed by atoms with Crippen LogP contribution < -0.4 is 20.9 Å². The SMILES string of the molecule is COc1ccc(C(N)CC(N)=O)c(OC)c1C. The van der Waals surface area contributed by atoms with E-state index < -0.39 is 11.9 Å². The van der Waals surface area contributed by atoms with Crippen molar-refractivity contribution in [1.82, 2.24) is 0 Å². The summed E-state index contributed by atoms with van der Waals surface area (Å²) in [6.45, 7) is 1.87. The van der Waals surface area contributed by atoms with Crippen molar-refractivity contribution in [3.63, 3.8) is 0 Å². The van der Waals surface area contributed by atoms with E-state index in [0.717, 1.165) is 16.9 Å². The number of carbonyl (C=O) groups is 1. The maximum atomic E-state index is 10.9. The minimum Gasteiger partial charge on any atom is -0.496 e. The maximum absolute atomic E-state index is 10.9. The molecule has 0 aromatic heterocycles. The number of nitrogens with two attached hydrogens (primary N) is 2. The van der Waals surface area contributed by atoms with Crippen LogP contribution in [0.25, 0.3) is 0 Å². The van der Waals surface area contributed by atoms with Crippen LogP contribution in [0.1, 0.15) is 23.6 Å². The molecule has 1 unspecified atom stereocenters. The average Bonchev–Trinajstić information content (AvgIpc) is 2.27. The standard InChI is InChI=1S/C12H18N2O3/c1-7-10(16-2)5-4-8(12(7)17-3)9(13)6-11(14)15/h4-5,9H,6,13H2,1-3H3,(H2,14,15). The highest BCUT2D eigenvalue weighted by Gasteiger charge is 2.18. The molecule has 0 aliphatic rings. The van der Waals surface area contributed by atoms with Crippen molar-refractivity contribution in [3.05, 3.63) is 23.3 Å². The number of primary amides is 1. The Balaban J connectivity index is 3.16. The lowest BCUT2D eigenvalue weighted by Crippen LogP contribution is -2.21. The zero-order valence-electron chi connectivity index (χ0n) is 10.3. The van der Waals surface area contributed by atoms with Gasteiger partial charge in [-0.05, 0) is 13.0 Å². The van der Waals surface area contributed by atoms with Gasteiger partial charge in [0.1, 0.15) is 11.5 Å². The van der Waals surface area contributed by atoms with Gasteiger partial charge in [0.05, 0.1) is 14.2 Å². The van der Waals surface area contributed by atoms with E-state index in [0.29, 0.717) is 5.75 Å². The molecule has 0 saturated heterocycles. The molecule has 0 fully saturated rings. The van der Waals surface area contributed by atoms with Gasteiger partial charge in [-0.3, -0.25) is 4.79 Å². The van der Waals surface area contributed by atoms with Gasteiger partial charge >= 0.3 is 0 Å². The Morgan fingerprint density at radius 2 is 2.00 bits per heavy atom. The fourth-order valence-electron chi connectivity index (χ4n) is 1.81. The van der Waals surface area contributed by atoms with Crippen molar-refractivity contribution in [2.75, 3.05) is 14.2 Å². The molecule has 94 valence electrons. The molecule has 0 aliphatic carbocycles. The van der Waals surface area contributed by atoms with E-state index in [-0.39, 0.29) is 6.42 Å². The Bertz CT molecular complexity index is 418. The van der Waals surface area contributed by atoms with Crippen molar-refractivity contribution in [2.45, 2.75) is 19.4 Å². The number of carbonyl (C=O) groups excluding carboxylic acids is 1. The normalized spacial score (nSPS) is 12.0. The maximum Gasteiger partial charge on any atom is 0.219 e. The number of hydrogen-bond acceptors (Lipinski definition) is 4. The summed E-state index contributed by atoms with van der Waals surface area (Å²) in [5, 5.41) is 0. The molecule has 0 radical (unpaired) electrons. The third kappa shape index (κ3) is 2.88. The third-order valence-electron chi connectivity index (χ3n) is 2.63. The second-order valence-electron chi connectivity index (χ2n) is 3.79. The van der Waals surface area contributed by atoms with Crippen molar-refractivity contribution < 1.29 is 14.3 Å².